The molecule has 24 heavy (non-hydrogen) atoms. The number of amides is 1. The van der Waals surface area contributed by atoms with Gasteiger partial charge in [0.05, 0.1) is 19.3 Å². The Morgan fingerprint density at radius 2 is 2.12 bits per heavy atom. The van der Waals surface area contributed by atoms with Gasteiger partial charge in [0, 0.05) is 32.2 Å². The van der Waals surface area contributed by atoms with Crippen LogP contribution in [0.2, 0.25) is 0 Å². The molecular formula is C19H27NO4. The standard InChI is InChI=1S/C19H27NO4/c1-22-16-5-2-6-17(15-16)23-13-4-11-20-12-10-19(8-3-14-24-19)9-7-18(20)21/h2,5-6,15H,3-4,7-14H2,1H3/t19-/m0/s1. The van der Waals surface area contributed by atoms with Crippen LogP contribution in [0.25, 0.3) is 0 Å². The van der Waals surface area contributed by atoms with E-state index in [2.05, 4.69) is 0 Å². The number of hydrogen-bond donors (Lipinski definition) is 0. The summed E-state index contributed by atoms with van der Waals surface area (Å²) in [7, 11) is 1.64. The van der Waals surface area contributed by atoms with Crippen LogP contribution in [0.3, 0.4) is 0 Å². The zero-order valence-corrected chi connectivity index (χ0v) is 14.5. The highest BCUT2D eigenvalue weighted by Crippen LogP contribution is 2.35. The number of ether oxygens (including phenoxy) is 3. The minimum atomic E-state index is -0.0263. The number of benzene rings is 1. The molecule has 0 bridgehead atoms. The largest absolute Gasteiger partial charge is 0.497 e. The van der Waals surface area contributed by atoms with Gasteiger partial charge in [-0.1, -0.05) is 6.07 Å². The van der Waals surface area contributed by atoms with Gasteiger partial charge in [-0.2, -0.15) is 0 Å². The fraction of sp³-hybridized carbons (Fsp3) is 0.632. The summed E-state index contributed by atoms with van der Waals surface area (Å²) in [5, 5.41) is 0. The number of carbonyl (C=O) groups is 1. The lowest BCUT2D eigenvalue weighted by Crippen LogP contribution is -2.33. The molecule has 2 saturated heterocycles. The Morgan fingerprint density at radius 3 is 2.92 bits per heavy atom. The quantitative estimate of drug-likeness (QED) is 0.751. The lowest BCUT2D eigenvalue weighted by molar-refractivity contribution is -0.130. The van der Waals surface area contributed by atoms with Gasteiger partial charge in [-0.15, -0.1) is 0 Å². The van der Waals surface area contributed by atoms with Crippen LogP contribution in [0.1, 0.15) is 38.5 Å². The minimum Gasteiger partial charge on any atom is -0.497 e. The molecule has 132 valence electrons. The van der Waals surface area contributed by atoms with Crippen molar-refractivity contribution >= 4 is 5.91 Å². The summed E-state index contributed by atoms with van der Waals surface area (Å²) in [6.45, 7) is 3.00. The van der Waals surface area contributed by atoms with E-state index in [9.17, 15) is 4.79 Å². The summed E-state index contributed by atoms with van der Waals surface area (Å²) in [4.78, 5) is 14.3. The summed E-state index contributed by atoms with van der Waals surface area (Å²) in [6, 6.07) is 7.59. The molecule has 1 amide bonds. The zero-order valence-electron chi connectivity index (χ0n) is 14.5. The van der Waals surface area contributed by atoms with Crippen molar-refractivity contribution in [3.63, 3.8) is 0 Å². The third-order valence-electron chi connectivity index (χ3n) is 5.05. The first kappa shape index (κ1) is 17.1. The average molecular weight is 333 g/mol. The van der Waals surface area contributed by atoms with Gasteiger partial charge in [-0.25, -0.2) is 0 Å². The van der Waals surface area contributed by atoms with Crippen LogP contribution in [0, 0.1) is 0 Å². The maximum Gasteiger partial charge on any atom is 0.222 e. The Bertz CT molecular complexity index is 554. The van der Waals surface area contributed by atoms with E-state index in [1.54, 1.807) is 7.11 Å². The summed E-state index contributed by atoms with van der Waals surface area (Å²) in [5.41, 5.74) is -0.0263. The summed E-state index contributed by atoms with van der Waals surface area (Å²) in [6.07, 6.45) is 5.52. The van der Waals surface area contributed by atoms with Crippen LogP contribution < -0.4 is 9.47 Å². The van der Waals surface area contributed by atoms with Gasteiger partial charge in [-0.3, -0.25) is 4.79 Å². The lowest BCUT2D eigenvalue weighted by Gasteiger charge is -2.26. The highest BCUT2D eigenvalue weighted by atomic mass is 16.5. The molecule has 2 heterocycles. The molecule has 2 fully saturated rings. The topological polar surface area (TPSA) is 48.0 Å². The van der Waals surface area contributed by atoms with Gasteiger partial charge in [0.1, 0.15) is 11.5 Å². The molecule has 0 unspecified atom stereocenters. The molecule has 1 aromatic carbocycles. The summed E-state index contributed by atoms with van der Waals surface area (Å²) in [5.74, 6) is 1.84. The van der Waals surface area contributed by atoms with Crippen LogP contribution in [0.4, 0.5) is 0 Å². The fourth-order valence-electron chi connectivity index (χ4n) is 3.60. The molecule has 3 rings (SSSR count). The highest BCUT2D eigenvalue weighted by molar-refractivity contribution is 5.76. The second-order valence-electron chi connectivity index (χ2n) is 6.65. The van der Waals surface area contributed by atoms with Gasteiger partial charge in [0.2, 0.25) is 5.91 Å². The molecule has 0 N–H and O–H groups in total. The van der Waals surface area contributed by atoms with Crippen LogP contribution >= 0.6 is 0 Å². The maximum absolute atomic E-state index is 12.3. The maximum atomic E-state index is 12.3. The minimum absolute atomic E-state index is 0.0263. The van der Waals surface area contributed by atoms with Crippen LogP contribution in [-0.4, -0.2) is 49.8 Å². The van der Waals surface area contributed by atoms with Crippen LogP contribution in [-0.2, 0) is 9.53 Å². The Morgan fingerprint density at radius 1 is 1.25 bits per heavy atom. The molecule has 0 radical (unpaired) electrons. The number of rotatable bonds is 6. The van der Waals surface area contributed by atoms with Crippen molar-refractivity contribution in [3.05, 3.63) is 24.3 Å². The van der Waals surface area contributed by atoms with Crippen molar-refractivity contribution in [1.82, 2.24) is 4.90 Å². The van der Waals surface area contributed by atoms with Crippen LogP contribution in [0.5, 0.6) is 11.5 Å². The number of hydrogen-bond acceptors (Lipinski definition) is 4. The molecule has 2 aliphatic rings. The molecule has 1 spiro atoms. The zero-order chi connectivity index (χ0) is 16.8. The van der Waals surface area contributed by atoms with Gasteiger partial charge in [0.15, 0.2) is 0 Å². The fourth-order valence-corrected chi connectivity index (χ4v) is 3.60. The molecule has 5 heteroatoms. The first-order valence-corrected chi connectivity index (χ1v) is 8.89. The van der Waals surface area contributed by atoms with Crippen molar-refractivity contribution in [1.29, 1.82) is 0 Å². The van der Waals surface area contributed by atoms with Crippen molar-refractivity contribution in [2.75, 3.05) is 33.4 Å². The van der Waals surface area contributed by atoms with E-state index in [-0.39, 0.29) is 11.5 Å². The lowest BCUT2D eigenvalue weighted by atomic mass is 9.92. The Labute approximate surface area is 143 Å². The Kier molecular flexibility index (Phi) is 5.61. The summed E-state index contributed by atoms with van der Waals surface area (Å²) < 4.78 is 16.9. The molecule has 2 aliphatic heterocycles. The predicted octanol–water partition coefficient (Wildman–Crippen LogP) is 3.03. The molecule has 0 saturated carbocycles. The van der Waals surface area contributed by atoms with Gasteiger partial charge in [0.25, 0.3) is 0 Å². The number of carbonyl (C=O) groups excluding carboxylic acids is 1. The van der Waals surface area contributed by atoms with Gasteiger partial charge < -0.3 is 19.1 Å². The van der Waals surface area contributed by atoms with Crippen molar-refractivity contribution in [3.8, 4) is 11.5 Å². The number of nitrogens with zero attached hydrogens (tertiary/aromatic N) is 1. The molecule has 5 nitrogen and oxygen atoms in total. The predicted molar refractivity (Wildman–Crippen MR) is 91.5 cm³/mol. The van der Waals surface area contributed by atoms with E-state index in [0.717, 1.165) is 63.3 Å². The Hall–Kier alpha value is -1.75. The number of likely N-dealkylation sites (tertiary alicyclic amines) is 1. The third-order valence-corrected chi connectivity index (χ3v) is 5.05. The molecular weight excluding hydrogens is 306 g/mol. The highest BCUT2D eigenvalue weighted by Gasteiger charge is 2.38. The smallest absolute Gasteiger partial charge is 0.222 e. The molecule has 1 atom stereocenters. The number of methoxy groups -OCH3 is 1. The second-order valence-corrected chi connectivity index (χ2v) is 6.65. The second kappa shape index (κ2) is 7.88. The van der Waals surface area contributed by atoms with E-state index < -0.39 is 0 Å². The SMILES string of the molecule is COc1cccc(OCCCN2CC[C@]3(CCCO3)CCC2=O)c1. The van der Waals surface area contributed by atoms with Crippen LogP contribution in [0.15, 0.2) is 24.3 Å². The first-order valence-electron chi connectivity index (χ1n) is 8.89. The van der Waals surface area contributed by atoms with E-state index in [0.29, 0.717) is 13.0 Å². The van der Waals surface area contributed by atoms with E-state index in [1.165, 1.54) is 0 Å². The van der Waals surface area contributed by atoms with Crippen molar-refractivity contribution in [2.45, 2.75) is 44.1 Å². The monoisotopic (exact) mass is 333 g/mol. The summed E-state index contributed by atoms with van der Waals surface area (Å²) >= 11 is 0. The van der Waals surface area contributed by atoms with E-state index in [1.807, 2.05) is 29.2 Å². The molecule has 1 aromatic rings. The molecule has 0 aromatic heterocycles. The van der Waals surface area contributed by atoms with E-state index in [4.69, 9.17) is 14.2 Å². The first-order chi connectivity index (χ1) is 11.7. The Balaban J connectivity index is 1.43. The normalized spacial score (nSPS) is 24.2. The molecule has 0 aliphatic carbocycles. The third kappa shape index (κ3) is 4.20. The average Bonchev–Trinajstić information content (AvgIpc) is 3.02. The van der Waals surface area contributed by atoms with E-state index >= 15 is 0 Å². The van der Waals surface area contributed by atoms with Crippen molar-refractivity contribution < 1.29 is 19.0 Å². The van der Waals surface area contributed by atoms with Crippen molar-refractivity contribution in [2.24, 2.45) is 0 Å². The van der Waals surface area contributed by atoms with Gasteiger partial charge in [-0.05, 0) is 44.2 Å². The van der Waals surface area contributed by atoms with Gasteiger partial charge >= 0.3 is 0 Å².